The lowest BCUT2D eigenvalue weighted by Gasteiger charge is -2.54. The Hall–Kier alpha value is -0.420. The zero-order valence-corrected chi connectivity index (χ0v) is 11.8. The zero-order chi connectivity index (χ0) is 14.4. The van der Waals surface area contributed by atoms with Gasteiger partial charge in [0.05, 0.1) is 24.4 Å². The van der Waals surface area contributed by atoms with E-state index in [0.717, 1.165) is 18.4 Å². The van der Waals surface area contributed by atoms with Crippen LogP contribution < -0.4 is 0 Å². The first kappa shape index (κ1) is 15.0. The molecule has 0 saturated heterocycles. The Balaban J connectivity index is 2.22. The molecule has 0 aliphatic heterocycles. The molecule has 0 radical (unpaired) electrons. The summed E-state index contributed by atoms with van der Waals surface area (Å²) in [6.07, 6.45) is 1.15. The van der Waals surface area contributed by atoms with Crippen molar-refractivity contribution >= 4 is 0 Å². The first-order valence-electron chi connectivity index (χ1n) is 7.09. The van der Waals surface area contributed by atoms with Crippen molar-refractivity contribution in [3.63, 3.8) is 0 Å². The average molecular weight is 270 g/mol. The summed E-state index contributed by atoms with van der Waals surface area (Å²) < 4.78 is 0. The SMILES string of the molecule is C=C1C[C@@H](O)[C@H](O)[C@@]2(C)CC[C@H]([C@](C)(O)CO)C[C@H]12. The highest BCUT2D eigenvalue weighted by atomic mass is 16.3. The Morgan fingerprint density at radius 3 is 2.63 bits per heavy atom. The van der Waals surface area contributed by atoms with Gasteiger partial charge in [0.2, 0.25) is 0 Å². The van der Waals surface area contributed by atoms with Gasteiger partial charge in [-0.15, -0.1) is 0 Å². The van der Waals surface area contributed by atoms with Crippen molar-refractivity contribution in [1.29, 1.82) is 0 Å². The van der Waals surface area contributed by atoms with Crippen LogP contribution in [0.25, 0.3) is 0 Å². The summed E-state index contributed by atoms with van der Waals surface area (Å²) in [5.41, 5.74) is -0.488. The van der Waals surface area contributed by atoms with Gasteiger partial charge < -0.3 is 20.4 Å². The molecule has 19 heavy (non-hydrogen) atoms. The number of fused-ring (bicyclic) bond motifs is 1. The third-order valence-corrected chi connectivity index (χ3v) is 5.55. The average Bonchev–Trinajstić information content (AvgIpc) is 2.36. The van der Waals surface area contributed by atoms with Gasteiger partial charge in [-0.1, -0.05) is 19.1 Å². The summed E-state index contributed by atoms with van der Waals surface area (Å²) in [4.78, 5) is 0. The lowest BCUT2D eigenvalue weighted by Crippen LogP contribution is -2.55. The molecule has 2 aliphatic rings. The minimum Gasteiger partial charge on any atom is -0.393 e. The molecular weight excluding hydrogens is 244 g/mol. The Morgan fingerprint density at radius 1 is 1.42 bits per heavy atom. The molecule has 110 valence electrons. The lowest BCUT2D eigenvalue weighted by atomic mass is 9.53. The van der Waals surface area contributed by atoms with E-state index in [-0.39, 0.29) is 23.9 Å². The van der Waals surface area contributed by atoms with Gasteiger partial charge in [-0.05, 0) is 44.4 Å². The second kappa shape index (κ2) is 4.85. The van der Waals surface area contributed by atoms with Crippen molar-refractivity contribution < 1.29 is 20.4 Å². The molecule has 0 bridgehead atoms. The van der Waals surface area contributed by atoms with Crippen molar-refractivity contribution in [3.8, 4) is 0 Å². The van der Waals surface area contributed by atoms with Gasteiger partial charge in [0.25, 0.3) is 0 Å². The molecule has 4 nitrogen and oxygen atoms in total. The standard InChI is InChI=1S/C15H26O4/c1-9-6-12(17)13(18)14(2)5-4-10(7-11(9)14)15(3,19)8-16/h10-13,16-19H,1,4-8H2,2-3H3/t10-,11+,12+,13-,14-,15+/m0/s1. The van der Waals surface area contributed by atoms with Crippen LogP contribution in [0.2, 0.25) is 0 Å². The van der Waals surface area contributed by atoms with Crippen molar-refractivity contribution in [2.45, 2.75) is 57.3 Å². The fourth-order valence-electron chi connectivity index (χ4n) is 3.97. The molecule has 0 aromatic carbocycles. The maximum Gasteiger partial charge on any atom is 0.0877 e. The topological polar surface area (TPSA) is 80.9 Å². The van der Waals surface area contributed by atoms with Crippen LogP contribution in [0.15, 0.2) is 12.2 Å². The minimum atomic E-state index is -1.08. The van der Waals surface area contributed by atoms with Crippen LogP contribution >= 0.6 is 0 Å². The van der Waals surface area contributed by atoms with Crippen molar-refractivity contribution in [1.82, 2.24) is 0 Å². The van der Waals surface area contributed by atoms with Crippen molar-refractivity contribution in [3.05, 3.63) is 12.2 Å². The van der Waals surface area contributed by atoms with Crippen molar-refractivity contribution in [2.24, 2.45) is 17.3 Å². The van der Waals surface area contributed by atoms with E-state index in [1.165, 1.54) is 0 Å². The normalized spacial score (nSPS) is 46.5. The Morgan fingerprint density at radius 2 is 2.05 bits per heavy atom. The molecule has 2 aliphatic carbocycles. The van der Waals surface area contributed by atoms with Crippen LogP contribution in [0.4, 0.5) is 0 Å². The first-order valence-corrected chi connectivity index (χ1v) is 7.09. The van der Waals surface area contributed by atoms with E-state index in [4.69, 9.17) is 0 Å². The quantitative estimate of drug-likeness (QED) is 0.560. The number of hydrogen-bond donors (Lipinski definition) is 4. The molecule has 6 atom stereocenters. The van der Waals surface area contributed by atoms with Crippen LogP contribution in [0.5, 0.6) is 0 Å². The van der Waals surface area contributed by atoms with E-state index in [1.54, 1.807) is 6.92 Å². The molecule has 2 saturated carbocycles. The summed E-state index contributed by atoms with van der Waals surface area (Å²) in [5.74, 6) is 0.109. The first-order chi connectivity index (χ1) is 8.72. The van der Waals surface area contributed by atoms with Gasteiger partial charge in [-0.2, -0.15) is 0 Å². The third kappa shape index (κ3) is 2.35. The van der Waals surface area contributed by atoms with Gasteiger partial charge in [-0.3, -0.25) is 0 Å². The number of aliphatic hydroxyl groups excluding tert-OH is 3. The number of hydrogen-bond acceptors (Lipinski definition) is 4. The highest BCUT2D eigenvalue weighted by molar-refractivity contribution is 5.18. The minimum absolute atomic E-state index is 0.00904. The summed E-state index contributed by atoms with van der Waals surface area (Å²) in [6.45, 7) is 7.47. The van der Waals surface area contributed by atoms with Gasteiger partial charge in [-0.25, -0.2) is 0 Å². The second-order valence-corrected chi connectivity index (χ2v) is 6.92. The Labute approximate surface area is 114 Å². The summed E-state index contributed by atoms with van der Waals surface area (Å²) >= 11 is 0. The monoisotopic (exact) mass is 270 g/mol. The molecule has 4 heteroatoms. The van der Waals surface area contributed by atoms with Gasteiger partial charge in [0, 0.05) is 5.41 Å². The zero-order valence-electron chi connectivity index (χ0n) is 11.8. The highest BCUT2D eigenvalue weighted by Crippen LogP contribution is 2.54. The van der Waals surface area contributed by atoms with Crippen LogP contribution in [0, 0.1) is 17.3 Å². The predicted molar refractivity (Wildman–Crippen MR) is 72.4 cm³/mol. The third-order valence-electron chi connectivity index (χ3n) is 5.55. The largest absolute Gasteiger partial charge is 0.393 e. The maximum atomic E-state index is 10.3. The maximum absolute atomic E-state index is 10.3. The fraction of sp³-hybridized carbons (Fsp3) is 0.867. The molecular formula is C15H26O4. The van der Waals surface area contributed by atoms with Crippen LogP contribution in [0.3, 0.4) is 0 Å². The van der Waals surface area contributed by atoms with Crippen LogP contribution in [-0.2, 0) is 0 Å². The van der Waals surface area contributed by atoms with Crippen molar-refractivity contribution in [2.75, 3.05) is 6.61 Å². The van der Waals surface area contributed by atoms with Crippen LogP contribution in [0.1, 0.15) is 39.5 Å². The fourth-order valence-corrected chi connectivity index (χ4v) is 3.97. The summed E-state index contributed by atoms with van der Waals surface area (Å²) in [6, 6.07) is 0. The molecule has 0 spiro atoms. The molecule has 2 rings (SSSR count). The molecule has 0 aromatic rings. The number of rotatable bonds is 2. The second-order valence-electron chi connectivity index (χ2n) is 6.92. The lowest BCUT2D eigenvalue weighted by molar-refractivity contribution is -0.141. The van der Waals surface area contributed by atoms with Gasteiger partial charge in [0.15, 0.2) is 0 Å². The van der Waals surface area contributed by atoms with E-state index >= 15 is 0 Å². The number of aliphatic hydroxyl groups is 4. The highest BCUT2D eigenvalue weighted by Gasteiger charge is 2.53. The molecule has 0 heterocycles. The van der Waals surface area contributed by atoms with Gasteiger partial charge >= 0.3 is 0 Å². The Bertz CT molecular complexity index is 365. The molecule has 0 unspecified atom stereocenters. The summed E-state index contributed by atoms with van der Waals surface area (Å²) in [5, 5.41) is 39.8. The van der Waals surface area contributed by atoms with E-state index in [1.807, 2.05) is 6.92 Å². The molecule has 4 N–H and O–H groups in total. The van der Waals surface area contributed by atoms with Gasteiger partial charge in [0.1, 0.15) is 0 Å². The molecule has 0 aromatic heterocycles. The molecule has 2 fully saturated rings. The van der Waals surface area contributed by atoms with E-state index in [9.17, 15) is 20.4 Å². The van der Waals surface area contributed by atoms with Crippen LogP contribution in [-0.4, -0.2) is 44.8 Å². The Kier molecular flexibility index (Phi) is 3.82. The van der Waals surface area contributed by atoms with E-state index in [2.05, 4.69) is 6.58 Å². The van der Waals surface area contributed by atoms with E-state index < -0.39 is 17.8 Å². The molecule has 0 amide bonds. The smallest absolute Gasteiger partial charge is 0.0877 e. The predicted octanol–water partition coefficient (Wildman–Crippen LogP) is 0.834. The van der Waals surface area contributed by atoms with E-state index in [0.29, 0.717) is 12.8 Å². The summed E-state index contributed by atoms with van der Waals surface area (Å²) in [7, 11) is 0.